The minimum Gasteiger partial charge on any atom is -0.493 e. The predicted octanol–water partition coefficient (Wildman–Crippen LogP) is 2.55. The molecule has 0 aliphatic carbocycles. The van der Waals surface area contributed by atoms with E-state index >= 15 is 0 Å². The maximum Gasteiger partial charge on any atom is 0.220 e. The van der Waals surface area contributed by atoms with E-state index in [-0.39, 0.29) is 11.9 Å². The number of methoxy groups -OCH3 is 2. The molecule has 2 atom stereocenters. The van der Waals surface area contributed by atoms with Crippen LogP contribution in [0.15, 0.2) is 36.7 Å². The average Bonchev–Trinajstić information content (AvgIpc) is 3.48. The van der Waals surface area contributed by atoms with Crippen LogP contribution in [0.5, 0.6) is 11.5 Å². The Morgan fingerprint density at radius 1 is 1.19 bits per heavy atom. The summed E-state index contributed by atoms with van der Waals surface area (Å²) in [5.74, 6) is 1.83. The summed E-state index contributed by atoms with van der Waals surface area (Å²) < 4.78 is 12.9. The van der Waals surface area contributed by atoms with Gasteiger partial charge in [-0.2, -0.15) is 0 Å². The molecule has 1 aromatic carbocycles. The molecule has 0 radical (unpaired) electrons. The van der Waals surface area contributed by atoms with Crippen molar-refractivity contribution in [3.63, 3.8) is 0 Å². The molecule has 5 rings (SSSR count). The first-order valence-electron chi connectivity index (χ1n) is 10.0. The van der Waals surface area contributed by atoms with Crippen molar-refractivity contribution in [2.45, 2.75) is 25.5 Å². The number of imidazole rings is 1. The van der Waals surface area contributed by atoms with Crippen molar-refractivity contribution in [1.29, 1.82) is 0 Å². The molecule has 2 N–H and O–H groups in total. The second-order valence-corrected chi connectivity index (χ2v) is 7.66. The van der Waals surface area contributed by atoms with Crippen LogP contribution >= 0.6 is 0 Å². The minimum absolute atomic E-state index is 0.0923. The van der Waals surface area contributed by atoms with E-state index in [1.165, 1.54) is 6.92 Å². The summed E-state index contributed by atoms with van der Waals surface area (Å²) in [6.07, 6.45) is 3.43. The molecule has 1 amide bonds. The molecule has 9 nitrogen and oxygen atoms in total. The van der Waals surface area contributed by atoms with Gasteiger partial charge in [0.2, 0.25) is 5.91 Å². The Labute approximate surface area is 178 Å². The third kappa shape index (κ3) is 3.00. The first-order valence-corrected chi connectivity index (χ1v) is 10.0. The number of nitrogens with one attached hydrogen (secondary N) is 1. The summed E-state index contributed by atoms with van der Waals surface area (Å²) in [7, 11) is 3.18. The monoisotopic (exact) mass is 421 g/mol. The van der Waals surface area contributed by atoms with Crippen LogP contribution in [0.1, 0.15) is 25.2 Å². The number of nitrogens with zero attached hydrogens (tertiary/aromatic N) is 4. The number of β-amino-alcohol motifs (C(OH)–C–C–N with tert-alkyl or cyclic N) is 1. The summed E-state index contributed by atoms with van der Waals surface area (Å²) in [6.45, 7) is 1.81. The highest BCUT2D eigenvalue weighted by Crippen LogP contribution is 2.38. The molecule has 1 fully saturated rings. The molecular weight excluding hydrogens is 398 g/mol. The third-order valence-corrected chi connectivity index (χ3v) is 5.84. The molecule has 0 spiro atoms. The molecule has 9 heteroatoms. The van der Waals surface area contributed by atoms with Crippen LogP contribution in [0, 0.1) is 0 Å². The summed E-state index contributed by atoms with van der Waals surface area (Å²) in [5, 5.41) is 10.3. The zero-order chi connectivity index (χ0) is 21.7. The normalized spacial score (nSPS) is 18.8. The molecular formula is C22H23N5O4. The molecule has 1 aliphatic heterocycles. The maximum absolute atomic E-state index is 12.3. The first-order chi connectivity index (χ1) is 15.0. The Morgan fingerprint density at radius 3 is 2.74 bits per heavy atom. The number of rotatable bonds is 4. The number of aromatic amines is 1. The number of carbonyl (C=O) groups is 1. The smallest absolute Gasteiger partial charge is 0.220 e. The number of hydrogen-bond donors (Lipinski definition) is 2. The van der Waals surface area contributed by atoms with Crippen LogP contribution in [0.25, 0.3) is 27.9 Å². The van der Waals surface area contributed by atoms with Crippen LogP contribution in [0.3, 0.4) is 0 Å². The predicted molar refractivity (Wildman–Crippen MR) is 114 cm³/mol. The number of aliphatic hydroxyl groups excluding tert-OH is 1. The second-order valence-electron chi connectivity index (χ2n) is 7.66. The summed E-state index contributed by atoms with van der Waals surface area (Å²) in [5.41, 5.74) is 3.94. The summed E-state index contributed by atoms with van der Waals surface area (Å²) in [6, 6.07) is 7.22. The lowest BCUT2D eigenvalue weighted by atomic mass is 10.1. The number of aromatic nitrogens is 4. The highest BCUT2D eigenvalue weighted by Gasteiger charge is 2.37. The number of likely N-dealkylation sites (tertiary alicyclic amines) is 1. The highest BCUT2D eigenvalue weighted by atomic mass is 16.5. The number of fused-ring (bicyclic) bond motifs is 3. The van der Waals surface area contributed by atoms with Gasteiger partial charge in [0.1, 0.15) is 5.82 Å². The van der Waals surface area contributed by atoms with E-state index in [0.29, 0.717) is 30.3 Å². The van der Waals surface area contributed by atoms with Gasteiger partial charge in [-0.3, -0.25) is 9.20 Å². The number of carbonyl (C=O) groups excluding carboxylic acids is 1. The Hall–Kier alpha value is -3.59. The van der Waals surface area contributed by atoms with Crippen LogP contribution in [0.2, 0.25) is 0 Å². The minimum atomic E-state index is -0.589. The van der Waals surface area contributed by atoms with Gasteiger partial charge >= 0.3 is 0 Å². The van der Waals surface area contributed by atoms with E-state index in [1.54, 1.807) is 25.3 Å². The van der Waals surface area contributed by atoms with Crippen molar-refractivity contribution in [1.82, 2.24) is 24.3 Å². The number of amides is 1. The number of ether oxygens (including phenoxy) is 2. The van der Waals surface area contributed by atoms with Crippen LogP contribution in [0.4, 0.5) is 0 Å². The van der Waals surface area contributed by atoms with Gasteiger partial charge < -0.3 is 24.5 Å². The quantitative estimate of drug-likeness (QED) is 0.525. The van der Waals surface area contributed by atoms with Crippen LogP contribution < -0.4 is 9.47 Å². The Morgan fingerprint density at radius 2 is 2.00 bits per heavy atom. The van der Waals surface area contributed by atoms with E-state index in [0.717, 1.165) is 27.9 Å². The molecule has 1 saturated heterocycles. The molecule has 3 aromatic heterocycles. The van der Waals surface area contributed by atoms with Crippen molar-refractivity contribution in [3.8, 4) is 22.8 Å². The molecule has 4 heterocycles. The number of H-pyrrole nitrogens is 1. The van der Waals surface area contributed by atoms with Crippen molar-refractivity contribution in [2.75, 3.05) is 20.8 Å². The van der Waals surface area contributed by atoms with Crippen molar-refractivity contribution in [3.05, 3.63) is 42.5 Å². The highest BCUT2D eigenvalue weighted by molar-refractivity contribution is 5.85. The van der Waals surface area contributed by atoms with Crippen molar-refractivity contribution >= 4 is 22.6 Å². The molecule has 0 saturated carbocycles. The molecule has 1 aliphatic rings. The molecule has 31 heavy (non-hydrogen) atoms. The van der Waals surface area contributed by atoms with Crippen LogP contribution in [-0.4, -0.2) is 62.1 Å². The average molecular weight is 421 g/mol. The largest absolute Gasteiger partial charge is 0.493 e. The van der Waals surface area contributed by atoms with Crippen molar-refractivity contribution < 1.29 is 19.4 Å². The Kier molecular flexibility index (Phi) is 4.55. The fraction of sp³-hybridized carbons (Fsp3) is 0.318. The van der Waals surface area contributed by atoms with Gasteiger partial charge in [-0.1, -0.05) is 0 Å². The van der Waals surface area contributed by atoms with E-state index in [1.807, 2.05) is 34.9 Å². The second kappa shape index (κ2) is 7.28. The zero-order valence-corrected chi connectivity index (χ0v) is 17.5. The van der Waals surface area contributed by atoms with Gasteiger partial charge in [-0.25, -0.2) is 9.97 Å². The van der Waals surface area contributed by atoms with E-state index in [9.17, 15) is 9.90 Å². The Bertz CT molecular complexity index is 1290. The number of hydrogen-bond acceptors (Lipinski definition) is 6. The van der Waals surface area contributed by atoms with Gasteiger partial charge in [0.05, 0.1) is 49.3 Å². The maximum atomic E-state index is 12.3. The SMILES string of the molecule is COc1ccc(-c2nc([C@H]3C[C@@H](O)CN3C(C)=O)n3c2cnc2[nH]ccc23)cc1OC. The molecule has 160 valence electrons. The fourth-order valence-corrected chi connectivity index (χ4v) is 4.41. The number of benzene rings is 1. The zero-order valence-electron chi connectivity index (χ0n) is 17.5. The van der Waals surface area contributed by atoms with E-state index in [2.05, 4.69) is 9.97 Å². The Balaban J connectivity index is 1.77. The van der Waals surface area contributed by atoms with Gasteiger partial charge in [-0.05, 0) is 24.3 Å². The fourth-order valence-electron chi connectivity index (χ4n) is 4.41. The molecule has 0 bridgehead atoms. The van der Waals surface area contributed by atoms with Gasteiger partial charge in [0.15, 0.2) is 17.1 Å². The topological polar surface area (TPSA) is 105 Å². The molecule has 0 unspecified atom stereocenters. The first kappa shape index (κ1) is 19.4. The van der Waals surface area contributed by atoms with Crippen molar-refractivity contribution in [2.24, 2.45) is 0 Å². The lowest BCUT2D eigenvalue weighted by Crippen LogP contribution is -2.30. The summed E-state index contributed by atoms with van der Waals surface area (Å²) in [4.78, 5) is 26.6. The summed E-state index contributed by atoms with van der Waals surface area (Å²) >= 11 is 0. The van der Waals surface area contributed by atoms with E-state index in [4.69, 9.17) is 14.5 Å². The van der Waals surface area contributed by atoms with Gasteiger partial charge in [0.25, 0.3) is 0 Å². The standard InChI is InChI=1S/C22H23N5O4/c1-12(28)26-11-14(29)9-16(26)22-25-20(13-4-5-18(30-2)19(8-13)31-3)17-10-24-21-15(27(17)22)6-7-23-21/h4-8,10,14,16,23,29H,9,11H2,1-3H3/t14-,16-/m1/s1. The number of aliphatic hydroxyl groups is 1. The van der Waals surface area contributed by atoms with Gasteiger partial charge in [-0.15, -0.1) is 0 Å². The molecule has 4 aromatic rings. The van der Waals surface area contributed by atoms with Gasteiger partial charge in [0, 0.05) is 31.6 Å². The van der Waals surface area contributed by atoms with Crippen LogP contribution in [-0.2, 0) is 4.79 Å². The lowest BCUT2D eigenvalue weighted by Gasteiger charge is -2.22. The third-order valence-electron chi connectivity index (χ3n) is 5.84. The van der Waals surface area contributed by atoms with E-state index < -0.39 is 6.10 Å². The lowest BCUT2D eigenvalue weighted by molar-refractivity contribution is -0.130.